The Balaban J connectivity index is 1.90. The van der Waals surface area contributed by atoms with E-state index in [-0.39, 0.29) is 21.8 Å². The molecular formula is C21H12ClFN4O4. The quantitative estimate of drug-likeness (QED) is 0.380. The highest BCUT2D eigenvalue weighted by Gasteiger charge is 2.23. The third kappa shape index (κ3) is 3.86. The predicted octanol–water partition coefficient (Wildman–Crippen LogP) is 4.15. The third-order valence-corrected chi connectivity index (χ3v) is 4.73. The van der Waals surface area contributed by atoms with E-state index >= 15 is 0 Å². The lowest BCUT2D eigenvalue weighted by atomic mass is 10.1. The van der Waals surface area contributed by atoms with Crippen molar-refractivity contribution in [3.8, 4) is 11.4 Å². The molecule has 10 heteroatoms. The number of hydrogen-bond donors (Lipinski definition) is 1. The summed E-state index contributed by atoms with van der Waals surface area (Å²) in [5.41, 5.74) is 1.67. The molecule has 1 amide bonds. The highest BCUT2D eigenvalue weighted by molar-refractivity contribution is 6.31. The van der Waals surface area contributed by atoms with Crippen molar-refractivity contribution in [1.29, 1.82) is 0 Å². The average molecular weight is 439 g/mol. The summed E-state index contributed by atoms with van der Waals surface area (Å²) in [4.78, 5) is 41.0. The van der Waals surface area contributed by atoms with Gasteiger partial charge >= 0.3 is 0 Å². The Morgan fingerprint density at radius 2 is 1.81 bits per heavy atom. The second-order valence-corrected chi connectivity index (χ2v) is 6.90. The number of aromatic nitrogens is 2. The molecule has 0 fully saturated rings. The van der Waals surface area contributed by atoms with Crippen LogP contribution in [-0.2, 0) is 0 Å². The van der Waals surface area contributed by atoms with Gasteiger partial charge in [-0.25, -0.2) is 9.37 Å². The largest absolute Gasteiger partial charge is 0.282 e. The highest BCUT2D eigenvalue weighted by Crippen LogP contribution is 2.24. The molecule has 0 atom stereocenters. The van der Waals surface area contributed by atoms with E-state index in [1.807, 2.05) is 0 Å². The topological polar surface area (TPSA) is 107 Å². The van der Waals surface area contributed by atoms with E-state index in [1.165, 1.54) is 36.4 Å². The Bertz CT molecular complexity index is 1400. The van der Waals surface area contributed by atoms with Crippen LogP contribution in [0.5, 0.6) is 0 Å². The van der Waals surface area contributed by atoms with Crippen molar-refractivity contribution in [3.63, 3.8) is 0 Å². The van der Waals surface area contributed by atoms with E-state index in [9.17, 15) is 24.1 Å². The molecule has 0 aliphatic rings. The lowest BCUT2D eigenvalue weighted by Gasteiger charge is -2.15. The molecule has 0 aliphatic heterocycles. The lowest BCUT2D eigenvalue weighted by molar-refractivity contribution is -0.385. The molecule has 0 bridgehead atoms. The maximum atomic E-state index is 13.4. The van der Waals surface area contributed by atoms with Gasteiger partial charge in [-0.1, -0.05) is 23.7 Å². The third-order valence-electron chi connectivity index (χ3n) is 4.49. The van der Waals surface area contributed by atoms with Crippen molar-refractivity contribution in [1.82, 2.24) is 9.66 Å². The molecule has 0 radical (unpaired) electrons. The minimum Gasteiger partial charge on any atom is -0.267 e. The Hall–Kier alpha value is -4.11. The van der Waals surface area contributed by atoms with Crippen LogP contribution in [0.3, 0.4) is 0 Å². The van der Waals surface area contributed by atoms with E-state index < -0.39 is 27.9 Å². The van der Waals surface area contributed by atoms with Crippen molar-refractivity contribution in [2.75, 3.05) is 5.43 Å². The summed E-state index contributed by atoms with van der Waals surface area (Å²) in [7, 11) is 0. The van der Waals surface area contributed by atoms with Gasteiger partial charge in [0.05, 0.1) is 15.8 Å². The lowest BCUT2D eigenvalue weighted by Crippen LogP contribution is -2.35. The monoisotopic (exact) mass is 438 g/mol. The van der Waals surface area contributed by atoms with Gasteiger partial charge in [-0.05, 0) is 48.5 Å². The van der Waals surface area contributed by atoms with Crippen molar-refractivity contribution in [2.45, 2.75) is 0 Å². The van der Waals surface area contributed by atoms with Crippen LogP contribution >= 0.6 is 11.6 Å². The summed E-state index contributed by atoms with van der Waals surface area (Å²) >= 11 is 5.90. The van der Waals surface area contributed by atoms with Gasteiger partial charge in [0.25, 0.3) is 17.2 Å². The maximum absolute atomic E-state index is 13.4. The van der Waals surface area contributed by atoms with Gasteiger partial charge in [-0.2, -0.15) is 4.68 Å². The second-order valence-electron chi connectivity index (χ2n) is 6.46. The SMILES string of the molecule is O=C(Nn1c(-c2ccc(F)cc2)nc2ccccc2c1=O)c1cc(Cl)ccc1[N+](=O)[O-]. The number of hydrogen-bond acceptors (Lipinski definition) is 5. The minimum absolute atomic E-state index is 0.0294. The van der Waals surface area contributed by atoms with Crippen LogP contribution < -0.4 is 11.0 Å². The van der Waals surface area contributed by atoms with Crippen molar-refractivity contribution in [2.24, 2.45) is 0 Å². The second kappa shape index (κ2) is 7.96. The number of nitrogens with zero attached hydrogens (tertiary/aromatic N) is 3. The number of amides is 1. The fourth-order valence-corrected chi connectivity index (χ4v) is 3.21. The molecule has 0 saturated carbocycles. The standard InChI is InChI=1S/C21H12ClFN4O4/c22-13-7-10-18(27(30)31)16(11-13)20(28)25-26-19(12-5-8-14(23)9-6-12)24-17-4-2-1-3-15(17)21(26)29/h1-11H,(H,25,28). The molecule has 154 valence electrons. The van der Waals surface area contributed by atoms with Gasteiger partial charge in [0.1, 0.15) is 11.4 Å². The van der Waals surface area contributed by atoms with Gasteiger partial charge in [0.15, 0.2) is 5.82 Å². The molecule has 1 aromatic heterocycles. The van der Waals surface area contributed by atoms with Gasteiger partial charge in [0.2, 0.25) is 0 Å². The van der Waals surface area contributed by atoms with Crippen molar-refractivity contribution < 1.29 is 14.1 Å². The van der Waals surface area contributed by atoms with Crippen LogP contribution in [0.25, 0.3) is 22.3 Å². The summed E-state index contributed by atoms with van der Waals surface area (Å²) in [5.74, 6) is -1.39. The van der Waals surface area contributed by atoms with Crippen LogP contribution in [0.1, 0.15) is 10.4 Å². The molecule has 0 spiro atoms. The normalized spacial score (nSPS) is 10.8. The molecule has 1 heterocycles. The van der Waals surface area contributed by atoms with E-state index in [0.29, 0.717) is 11.1 Å². The minimum atomic E-state index is -0.934. The van der Waals surface area contributed by atoms with E-state index in [0.717, 1.165) is 16.8 Å². The summed E-state index contributed by atoms with van der Waals surface area (Å²) < 4.78 is 14.3. The zero-order valence-electron chi connectivity index (χ0n) is 15.6. The number of nitro benzene ring substituents is 1. The van der Waals surface area contributed by atoms with Crippen LogP contribution in [0.15, 0.2) is 71.5 Å². The average Bonchev–Trinajstić information content (AvgIpc) is 2.76. The van der Waals surface area contributed by atoms with Crippen LogP contribution in [0.4, 0.5) is 10.1 Å². The highest BCUT2D eigenvalue weighted by atomic mass is 35.5. The van der Waals surface area contributed by atoms with Crippen molar-refractivity contribution >= 4 is 34.1 Å². The number of carbonyl (C=O) groups is 1. The Morgan fingerprint density at radius 3 is 2.52 bits per heavy atom. The zero-order chi connectivity index (χ0) is 22.1. The Morgan fingerprint density at radius 1 is 1.10 bits per heavy atom. The summed E-state index contributed by atoms with van der Waals surface area (Å²) in [5, 5.41) is 11.6. The van der Waals surface area contributed by atoms with Crippen LogP contribution in [0, 0.1) is 15.9 Å². The number of para-hydroxylation sites is 1. The Labute approximate surface area is 178 Å². The van der Waals surface area contributed by atoms with E-state index in [2.05, 4.69) is 10.4 Å². The first-order valence-corrected chi connectivity index (χ1v) is 9.26. The summed E-state index contributed by atoms with van der Waals surface area (Å²) in [6, 6.07) is 15.2. The molecule has 31 heavy (non-hydrogen) atoms. The van der Waals surface area contributed by atoms with E-state index in [1.54, 1.807) is 18.2 Å². The van der Waals surface area contributed by atoms with Gasteiger partial charge in [-0.15, -0.1) is 0 Å². The predicted molar refractivity (Wildman–Crippen MR) is 113 cm³/mol. The van der Waals surface area contributed by atoms with Gasteiger partial charge in [0, 0.05) is 16.7 Å². The summed E-state index contributed by atoms with van der Waals surface area (Å²) in [6.45, 7) is 0. The van der Waals surface area contributed by atoms with E-state index in [4.69, 9.17) is 11.6 Å². The zero-order valence-corrected chi connectivity index (χ0v) is 16.3. The number of nitro groups is 1. The van der Waals surface area contributed by atoms with Gasteiger partial charge < -0.3 is 0 Å². The molecule has 4 rings (SSSR count). The van der Waals surface area contributed by atoms with Crippen LogP contribution in [-0.4, -0.2) is 20.5 Å². The number of rotatable bonds is 4. The molecule has 8 nitrogen and oxygen atoms in total. The number of benzene rings is 3. The molecule has 0 aliphatic carbocycles. The molecular weight excluding hydrogens is 427 g/mol. The smallest absolute Gasteiger partial charge is 0.267 e. The number of fused-ring (bicyclic) bond motifs is 1. The molecule has 0 saturated heterocycles. The summed E-state index contributed by atoms with van der Waals surface area (Å²) in [6.07, 6.45) is 0. The first-order valence-electron chi connectivity index (χ1n) is 8.88. The Kier molecular flexibility index (Phi) is 5.18. The van der Waals surface area contributed by atoms with Crippen LogP contribution in [0.2, 0.25) is 5.02 Å². The van der Waals surface area contributed by atoms with Crippen molar-refractivity contribution in [3.05, 3.63) is 104 Å². The fourth-order valence-electron chi connectivity index (χ4n) is 3.04. The fraction of sp³-hybridized carbons (Fsp3) is 0. The number of carbonyl (C=O) groups excluding carboxylic acids is 1. The molecule has 3 aromatic carbocycles. The first kappa shape index (κ1) is 20.2. The maximum Gasteiger partial charge on any atom is 0.282 e. The molecule has 0 unspecified atom stereocenters. The number of nitrogens with one attached hydrogen (secondary N) is 1. The first-order chi connectivity index (χ1) is 14.8. The number of halogens is 2. The molecule has 4 aromatic rings. The van der Waals surface area contributed by atoms with Gasteiger partial charge in [-0.3, -0.25) is 25.1 Å². The molecule has 1 N–H and O–H groups in total.